The zero-order chi connectivity index (χ0) is 74.1. The number of amides is 9. The van der Waals surface area contributed by atoms with Crippen LogP contribution in [0.2, 0.25) is 0 Å². The van der Waals surface area contributed by atoms with Gasteiger partial charge in [0.2, 0.25) is 53.2 Å². The standard InChI is InChI=1S/C72H98N22O9/c1-3-40(2)61(70(103)89-55(25-13-15-31-82-72(79)80)64(97)90-57(62(76)95)32-41-36-83-50-20-8-4-16-45(41)50)94-69(102)60(35-44-39-86-53-23-11-7-19-48(44)53)92-66(99)56(27-29-74)88-67(100)58(33-42-37-84-51-21-9-5-17-46(42)51)93-68(101)59(34-43-38-85-52-22-10-6-18-47(43)52)91-65(98)54(24-12-14-30-81-71(77)78)87-63(96)49(75)26-28-73/h4-11,16-23,36-40,49,54-61,83-86H,3,12-15,24-35,73-75H2,1-2H3,(H2,76,95)(H,87,96)(H,88,100)(H,89,103)(H,90,97)(H,91,98)(H,92,99)(H,93,101)(H,94,102)(H4,77,78,81)(H4,79,80,82)/t40-,49-,54-,55-,56-,57-,58-,59-,60-,61-/m0/s1. The number of rotatable bonds is 41. The Bertz CT molecular complexity index is 4260. The Labute approximate surface area is 595 Å². The van der Waals surface area contributed by atoms with E-state index in [1.165, 1.54) is 0 Å². The van der Waals surface area contributed by atoms with Crippen molar-refractivity contribution in [2.45, 2.75) is 152 Å². The molecular weight excluding hydrogens is 1320 g/mol. The fourth-order valence-corrected chi connectivity index (χ4v) is 12.5. The van der Waals surface area contributed by atoms with Crippen LogP contribution < -0.4 is 87.6 Å². The summed E-state index contributed by atoms with van der Waals surface area (Å²) in [7, 11) is 0. The van der Waals surface area contributed by atoms with Crippen molar-refractivity contribution in [2.75, 3.05) is 26.2 Å². The SMILES string of the molecule is CC[C@H](C)[C@H](NC(=O)[C@H](Cc1c[nH]c2ccccc12)NC(=O)[C@H](CCN)NC(=O)[C@H](Cc1c[nH]c2ccccc12)NC(=O)[C@H](Cc1c[nH]c2ccccc12)NC(=O)[C@H](CCCCNC(=N)N)NC(=O)[C@@H](N)CCN)C(=O)N[C@@H](CCCCNC(=N)N)C(=O)N[C@@H](Cc1c[nH]c2ccccc12)C(N)=O. The minimum Gasteiger partial charge on any atom is -0.370 e. The Kier molecular flexibility index (Phi) is 28.5. The summed E-state index contributed by atoms with van der Waals surface area (Å²) < 4.78 is 0. The third kappa shape index (κ3) is 21.8. The number of benzene rings is 4. The van der Waals surface area contributed by atoms with Gasteiger partial charge >= 0.3 is 0 Å². The molecule has 10 atom stereocenters. The predicted octanol–water partition coefficient (Wildman–Crippen LogP) is 0.624. The van der Waals surface area contributed by atoms with Gasteiger partial charge in [-0.2, -0.15) is 0 Å². The summed E-state index contributed by atoms with van der Waals surface area (Å²) in [5.41, 5.74) is 40.6. The fraction of sp³-hybridized carbons (Fsp3) is 0.403. The van der Waals surface area contributed by atoms with Gasteiger partial charge in [-0.3, -0.25) is 54.0 Å². The van der Waals surface area contributed by atoms with Crippen molar-refractivity contribution < 1.29 is 43.2 Å². The molecule has 4 aromatic heterocycles. The molecule has 103 heavy (non-hydrogen) atoms. The van der Waals surface area contributed by atoms with Gasteiger partial charge in [0, 0.05) is 107 Å². The lowest BCUT2D eigenvalue weighted by Crippen LogP contribution is -2.61. The van der Waals surface area contributed by atoms with E-state index in [0.717, 1.165) is 43.6 Å². The molecule has 0 aliphatic heterocycles. The Hall–Kier alpha value is -11.3. The van der Waals surface area contributed by atoms with E-state index in [4.69, 9.17) is 45.2 Å². The molecule has 8 rings (SSSR count). The van der Waals surface area contributed by atoms with Gasteiger partial charge in [-0.15, -0.1) is 0 Å². The molecule has 28 N–H and O–H groups in total. The molecule has 0 aliphatic carbocycles. The smallest absolute Gasteiger partial charge is 0.243 e. The average molecular weight is 1420 g/mol. The summed E-state index contributed by atoms with van der Waals surface area (Å²) in [6, 6.07) is 17.6. The fourth-order valence-electron chi connectivity index (χ4n) is 12.5. The van der Waals surface area contributed by atoms with Gasteiger partial charge in [-0.25, -0.2) is 0 Å². The van der Waals surface area contributed by atoms with Crippen LogP contribution in [0.25, 0.3) is 43.6 Å². The third-order valence-corrected chi connectivity index (χ3v) is 18.4. The number of hydrogen-bond donors (Lipinski definition) is 22. The van der Waals surface area contributed by atoms with Gasteiger partial charge in [0.1, 0.15) is 48.3 Å². The molecule has 550 valence electrons. The number of hydrogen-bond acceptors (Lipinski definition) is 14. The van der Waals surface area contributed by atoms with Crippen LogP contribution in [0.4, 0.5) is 0 Å². The first-order chi connectivity index (χ1) is 49.5. The number of aromatic amines is 4. The summed E-state index contributed by atoms with van der Waals surface area (Å²) in [6.45, 7) is 4.08. The van der Waals surface area contributed by atoms with Gasteiger partial charge in [0.25, 0.3) is 0 Å². The number of carbonyl (C=O) groups is 9. The molecule has 31 nitrogen and oxygen atoms in total. The number of guanidine groups is 2. The Morgan fingerprint density at radius 1 is 0.388 bits per heavy atom. The van der Waals surface area contributed by atoms with Gasteiger partial charge in [0.15, 0.2) is 11.9 Å². The Morgan fingerprint density at radius 3 is 1.04 bits per heavy atom. The zero-order valence-corrected chi connectivity index (χ0v) is 58.0. The lowest BCUT2D eigenvalue weighted by Gasteiger charge is -2.30. The maximum absolute atomic E-state index is 15.3. The van der Waals surface area contributed by atoms with E-state index in [-0.39, 0.29) is 82.9 Å². The van der Waals surface area contributed by atoms with Crippen LogP contribution in [0.1, 0.15) is 93.9 Å². The molecule has 9 amide bonds. The van der Waals surface area contributed by atoms with Crippen molar-refractivity contribution in [3.8, 4) is 0 Å². The monoisotopic (exact) mass is 1410 g/mol. The van der Waals surface area contributed by atoms with Crippen LogP contribution >= 0.6 is 0 Å². The molecule has 0 radical (unpaired) electrons. The molecule has 0 saturated carbocycles. The zero-order valence-electron chi connectivity index (χ0n) is 58.0. The minimum absolute atomic E-state index is 0.0272. The number of H-pyrrole nitrogens is 4. The molecule has 0 fully saturated rings. The van der Waals surface area contributed by atoms with Crippen molar-refractivity contribution in [3.05, 3.63) is 144 Å². The molecule has 0 saturated heterocycles. The number of nitrogens with two attached hydrogens (primary N) is 6. The van der Waals surface area contributed by atoms with Crippen molar-refractivity contribution in [2.24, 2.45) is 40.3 Å². The molecule has 4 heterocycles. The predicted molar refractivity (Wildman–Crippen MR) is 395 cm³/mol. The van der Waals surface area contributed by atoms with Crippen LogP contribution in [-0.4, -0.2) is 166 Å². The van der Waals surface area contributed by atoms with Crippen molar-refractivity contribution >= 4 is 109 Å². The molecular formula is C72H98N22O9. The van der Waals surface area contributed by atoms with Crippen molar-refractivity contribution in [3.63, 3.8) is 0 Å². The summed E-state index contributed by atoms with van der Waals surface area (Å²) >= 11 is 0. The Balaban J connectivity index is 1.07. The van der Waals surface area contributed by atoms with Crippen LogP contribution in [0.5, 0.6) is 0 Å². The maximum atomic E-state index is 15.3. The van der Waals surface area contributed by atoms with Gasteiger partial charge in [0.05, 0.1) is 6.04 Å². The number of carbonyl (C=O) groups excluding carboxylic acids is 9. The number of fused-ring (bicyclic) bond motifs is 4. The lowest BCUT2D eigenvalue weighted by molar-refractivity contribution is -0.136. The van der Waals surface area contributed by atoms with Gasteiger partial charge in [-0.05, 0) is 117 Å². The number of para-hydroxylation sites is 4. The van der Waals surface area contributed by atoms with E-state index >= 15 is 19.2 Å². The molecule has 31 heteroatoms. The van der Waals surface area contributed by atoms with E-state index < -0.39 is 113 Å². The molecule has 0 aliphatic rings. The first-order valence-electron chi connectivity index (χ1n) is 34.8. The molecule has 8 aromatic rings. The highest BCUT2D eigenvalue weighted by Crippen LogP contribution is 2.25. The van der Waals surface area contributed by atoms with Gasteiger partial charge < -0.3 is 108 Å². The summed E-state index contributed by atoms with van der Waals surface area (Å²) in [6.07, 6.45) is 8.44. The van der Waals surface area contributed by atoms with Crippen LogP contribution in [0, 0.1) is 16.7 Å². The van der Waals surface area contributed by atoms with E-state index in [1.54, 1.807) is 31.7 Å². The second-order valence-corrected chi connectivity index (χ2v) is 25.9. The molecule has 4 aromatic carbocycles. The van der Waals surface area contributed by atoms with Crippen molar-refractivity contribution in [1.82, 2.24) is 73.1 Å². The summed E-state index contributed by atoms with van der Waals surface area (Å²) in [5, 5.41) is 46.3. The van der Waals surface area contributed by atoms with Crippen LogP contribution in [-0.2, 0) is 68.8 Å². The van der Waals surface area contributed by atoms with Crippen molar-refractivity contribution in [1.29, 1.82) is 10.8 Å². The number of unbranched alkanes of at least 4 members (excludes halogenated alkanes) is 2. The molecule has 0 unspecified atom stereocenters. The molecule has 0 bridgehead atoms. The second kappa shape index (κ2) is 37.9. The minimum atomic E-state index is -1.47. The van der Waals surface area contributed by atoms with Crippen LogP contribution in [0.15, 0.2) is 122 Å². The third-order valence-electron chi connectivity index (χ3n) is 18.4. The van der Waals surface area contributed by atoms with E-state index in [0.29, 0.717) is 60.9 Å². The summed E-state index contributed by atoms with van der Waals surface area (Å²) in [4.78, 5) is 144. The Morgan fingerprint density at radius 2 is 0.689 bits per heavy atom. The maximum Gasteiger partial charge on any atom is 0.243 e. The van der Waals surface area contributed by atoms with E-state index in [9.17, 15) is 24.0 Å². The molecule has 0 spiro atoms. The first-order valence-corrected chi connectivity index (χ1v) is 34.8. The van der Waals surface area contributed by atoms with Gasteiger partial charge in [-0.1, -0.05) is 93.1 Å². The number of primary amides is 1. The van der Waals surface area contributed by atoms with E-state index in [2.05, 4.69) is 73.1 Å². The second-order valence-electron chi connectivity index (χ2n) is 25.9. The number of nitrogens with one attached hydrogen (secondary N) is 16. The van der Waals surface area contributed by atoms with E-state index in [1.807, 2.05) is 104 Å². The van der Waals surface area contributed by atoms with Crippen LogP contribution in [0.3, 0.4) is 0 Å². The first kappa shape index (κ1) is 77.4. The highest BCUT2D eigenvalue weighted by atomic mass is 16.2. The lowest BCUT2D eigenvalue weighted by atomic mass is 9.96. The quantitative estimate of drug-likeness (QED) is 0.0142. The number of aromatic nitrogens is 4. The summed E-state index contributed by atoms with van der Waals surface area (Å²) in [5.74, 6) is -8.06. The largest absolute Gasteiger partial charge is 0.370 e. The average Bonchev–Trinajstić information content (AvgIpc) is 1.77. The normalized spacial score (nSPS) is 14.3. The topological polar surface area (TPSA) is 541 Å². The highest BCUT2D eigenvalue weighted by molar-refractivity contribution is 6.00. The highest BCUT2D eigenvalue weighted by Gasteiger charge is 2.37.